The van der Waals surface area contributed by atoms with Gasteiger partial charge in [-0.2, -0.15) is 0 Å². The number of aryl methyl sites for hydroxylation is 1. The van der Waals surface area contributed by atoms with Crippen LogP contribution < -0.4 is 0 Å². The molecule has 4 heterocycles. The molecule has 0 amide bonds. The highest BCUT2D eigenvalue weighted by Gasteiger charge is 2.19. The molecular weight excluding hydrogens is 288 g/mol. The van der Waals surface area contributed by atoms with E-state index in [1.54, 1.807) is 12.4 Å². The molecule has 1 aliphatic heterocycles. The van der Waals surface area contributed by atoms with Gasteiger partial charge in [-0.1, -0.05) is 0 Å². The van der Waals surface area contributed by atoms with E-state index in [9.17, 15) is 0 Å². The SMILES string of the molecule is Cc1cnc(CN2CCc3nc(-c4cccnc4)ncc3C2)[nH]1. The first-order valence-electron chi connectivity index (χ1n) is 7.76. The number of aromatic amines is 1. The maximum absolute atomic E-state index is 4.73. The minimum atomic E-state index is 0.756. The van der Waals surface area contributed by atoms with Crippen molar-refractivity contribution in [2.24, 2.45) is 0 Å². The molecule has 0 spiro atoms. The molecule has 0 fully saturated rings. The fourth-order valence-corrected chi connectivity index (χ4v) is 2.90. The Kier molecular flexibility index (Phi) is 3.59. The number of hydrogen-bond donors (Lipinski definition) is 1. The highest BCUT2D eigenvalue weighted by molar-refractivity contribution is 5.53. The van der Waals surface area contributed by atoms with Crippen LogP contribution in [0.3, 0.4) is 0 Å². The normalized spacial score (nSPS) is 14.7. The average molecular weight is 306 g/mol. The lowest BCUT2D eigenvalue weighted by molar-refractivity contribution is 0.237. The van der Waals surface area contributed by atoms with Gasteiger partial charge < -0.3 is 4.98 Å². The third kappa shape index (κ3) is 2.98. The summed E-state index contributed by atoms with van der Waals surface area (Å²) in [7, 11) is 0. The van der Waals surface area contributed by atoms with Crippen molar-refractivity contribution in [1.82, 2.24) is 29.8 Å². The Balaban J connectivity index is 1.52. The minimum absolute atomic E-state index is 0.756. The number of fused-ring (bicyclic) bond motifs is 1. The summed E-state index contributed by atoms with van der Waals surface area (Å²) in [6.07, 6.45) is 8.32. The van der Waals surface area contributed by atoms with E-state index in [1.165, 1.54) is 5.56 Å². The first-order valence-corrected chi connectivity index (χ1v) is 7.76. The molecule has 0 saturated carbocycles. The summed E-state index contributed by atoms with van der Waals surface area (Å²) in [6, 6.07) is 3.90. The predicted molar refractivity (Wildman–Crippen MR) is 86.4 cm³/mol. The first kappa shape index (κ1) is 14.0. The number of rotatable bonds is 3. The lowest BCUT2D eigenvalue weighted by Gasteiger charge is -2.27. The zero-order valence-corrected chi connectivity index (χ0v) is 13.0. The zero-order valence-electron chi connectivity index (χ0n) is 13.0. The summed E-state index contributed by atoms with van der Waals surface area (Å²) in [5, 5.41) is 0. The van der Waals surface area contributed by atoms with E-state index < -0.39 is 0 Å². The number of imidazole rings is 1. The van der Waals surface area contributed by atoms with Gasteiger partial charge in [-0.15, -0.1) is 0 Å². The van der Waals surface area contributed by atoms with Gasteiger partial charge in [-0.25, -0.2) is 15.0 Å². The molecule has 0 aliphatic carbocycles. The minimum Gasteiger partial charge on any atom is -0.345 e. The number of nitrogens with one attached hydrogen (secondary N) is 1. The molecule has 6 nitrogen and oxygen atoms in total. The molecule has 6 heteroatoms. The third-order valence-corrected chi connectivity index (χ3v) is 4.06. The van der Waals surface area contributed by atoms with E-state index >= 15 is 0 Å². The van der Waals surface area contributed by atoms with E-state index in [0.29, 0.717) is 0 Å². The lowest BCUT2D eigenvalue weighted by Crippen LogP contribution is -2.31. The molecule has 116 valence electrons. The Morgan fingerprint density at radius 2 is 2.17 bits per heavy atom. The number of hydrogen-bond acceptors (Lipinski definition) is 5. The van der Waals surface area contributed by atoms with Gasteiger partial charge in [0.05, 0.1) is 12.2 Å². The van der Waals surface area contributed by atoms with Crippen LogP contribution in [0, 0.1) is 6.92 Å². The summed E-state index contributed by atoms with van der Waals surface area (Å²) in [5.41, 5.74) is 4.41. The molecule has 3 aromatic rings. The zero-order chi connectivity index (χ0) is 15.6. The maximum Gasteiger partial charge on any atom is 0.160 e. The van der Waals surface area contributed by atoms with Crippen LogP contribution in [0.1, 0.15) is 22.8 Å². The van der Waals surface area contributed by atoms with Crippen LogP contribution in [0.25, 0.3) is 11.4 Å². The average Bonchev–Trinajstić information content (AvgIpc) is 3.00. The smallest absolute Gasteiger partial charge is 0.160 e. The van der Waals surface area contributed by atoms with Gasteiger partial charge in [0.2, 0.25) is 0 Å². The van der Waals surface area contributed by atoms with E-state index in [1.807, 2.05) is 31.5 Å². The molecule has 0 unspecified atom stereocenters. The molecule has 0 aromatic carbocycles. The summed E-state index contributed by atoms with van der Waals surface area (Å²) < 4.78 is 0. The molecule has 3 aromatic heterocycles. The fourth-order valence-electron chi connectivity index (χ4n) is 2.90. The molecule has 0 radical (unpaired) electrons. The monoisotopic (exact) mass is 306 g/mol. The van der Waals surface area contributed by atoms with Crippen LogP contribution in [0.5, 0.6) is 0 Å². The Morgan fingerprint density at radius 1 is 1.22 bits per heavy atom. The lowest BCUT2D eigenvalue weighted by atomic mass is 10.1. The van der Waals surface area contributed by atoms with Crippen molar-refractivity contribution in [3.8, 4) is 11.4 Å². The van der Waals surface area contributed by atoms with E-state index in [2.05, 4.69) is 24.8 Å². The second-order valence-electron chi connectivity index (χ2n) is 5.88. The summed E-state index contributed by atoms with van der Waals surface area (Å²) in [5.74, 6) is 1.77. The molecule has 0 saturated heterocycles. The van der Waals surface area contributed by atoms with Crippen molar-refractivity contribution in [2.75, 3.05) is 6.54 Å². The Bertz CT molecular complexity index is 811. The molecule has 1 N–H and O–H groups in total. The van der Waals surface area contributed by atoms with Crippen molar-refractivity contribution in [1.29, 1.82) is 0 Å². The third-order valence-electron chi connectivity index (χ3n) is 4.06. The van der Waals surface area contributed by atoms with Gasteiger partial charge in [-0.3, -0.25) is 9.88 Å². The van der Waals surface area contributed by atoms with Crippen LogP contribution in [0.2, 0.25) is 0 Å². The first-order chi connectivity index (χ1) is 11.3. The molecule has 0 atom stereocenters. The van der Waals surface area contributed by atoms with Crippen molar-refractivity contribution in [3.05, 3.63) is 59.7 Å². The quantitative estimate of drug-likeness (QED) is 0.802. The van der Waals surface area contributed by atoms with Gasteiger partial charge in [-0.05, 0) is 19.1 Å². The molecular formula is C17H18N6. The Labute approximate surface area is 134 Å². The predicted octanol–water partition coefficient (Wildman–Crippen LogP) is 2.13. The van der Waals surface area contributed by atoms with Crippen molar-refractivity contribution < 1.29 is 0 Å². The number of pyridine rings is 1. The Morgan fingerprint density at radius 3 is 2.96 bits per heavy atom. The van der Waals surface area contributed by atoms with E-state index in [0.717, 1.165) is 54.7 Å². The van der Waals surface area contributed by atoms with Crippen LogP contribution >= 0.6 is 0 Å². The van der Waals surface area contributed by atoms with Crippen molar-refractivity contribution in [2.45, 2.75) is 26.4 Å². The van der Waals surface area contributed by atoms with Crippen LogP contribution in [0.4, 0.5) is 0 Å². The maximum atomic E-state index is 4.73. The standard InChI is InChI=1S/C17H18N6/c1-12-7-19-16(21-12)11-23-6-4-15-14(10-23)9-20-17(22-15)13-3-2-5-18-8-13/h2-3,5,7-9H,4,6,10-11H2,1H3,(H,19,21). The topological polar surface area (TPSA) is 70.6 Å². The van der Waals surface area contributed by atoms with Crippen LogP contribution in [-0.2, 0) is 19.5 Å². The van der Waals surface area contributed by atoms with Gasteiger partial charge in [0.1, 0.15) is 5.82 Å². The Hall–Kier alpha value is -2.60. The number of nitrogens with zero attached hydrogens (tertiary/aromatic N) is 5. The fraction of sp³-hybridized carbons (Fsp3) is 0.294. The van der Waals surface area contributed by atoms with Gasteiger partial charge in [0, 0.05) is 61.1 Å². The van der Waals surface area contributed by atoms with E-state index in [4.69, 9.17) is 4.98 Å². The molecule has 0 bridgehead atoms. The van der Waals surface area contributed by atoms with Crippen LogP contribution in [0.15, 0.2) is 36.9 Å². The van der Waals surface area contributed by atoms with Crippen molar-refractivity contribution in [3.63, 3.8) is 0 Å². The van der Waals surface area contributed by atoms with Crippen molar-refractivity contribution >= 4 is 0 Å². The van der Waals surface area contributed by atoms with Crippen LogP contribution in [-0.4, -0.2) is 36.4 Å². The van der Waals surface area contributed by atoms with Gasteiger partial charge in [0.25, 0.3) is 0 Å². The number of aromatic nitrogens is 5. The number of H-pyrrole nitrogens is 1. The molecule has 4 rings (SSSR count). The second-order valence-corrected chi connectivity index (χ2v) is 5.88. The van der Waals surface area contributed by atoms with Gasteiger partial charge >= 0.3 is 0 Å². The molecule has 1 aliphatic rings. The van der Waals surface area contributed by atoms with E-state index in [-0.39, 0.29) is 0 Å². The summed E-state index contributed by atoms with van der Waals surface area (Å²) in [6.45, 7) is 4.70. The summed E-state index contributed by atoms with van der Waals surface area (Å²) in [4.78, 5) is 23.4. The molecule has 23 heavy (non-hydrogen) atoms. The van der Waals surface area contributed by atoms with Gasteiger partial charge in [0.15, 0.2) is 5.82 Å². The summed E-state index contributed by atoms with van der Waals surface area (Å²) >= 11 is 0. The highest BCUT2D eigenvalue weighted by atomic mass is 15.2. The largest absolute Gasteiger partial charge is 0.345 e. The second kappa shape index (κ2) is 5.89. The highest BCUT2D eigenvalue weighted by Crippen LogP contribution is 2.21.